The highest BCUT2D eigenvalue weighted by Gasteiger charge is 2.20. The predicted molar refractivity (Wildman–Crippen MR) is 230 cm³/mol. The Morgan fingerprint density at radius 3 is 1.62 bits per heavy atom. The maximum atomic E-state index is 5.40. The summed E-state index contributed by atoms with van der Waals surface area (Å²) in [6.07, 6.45) is 0. The Hall–Kier alpha value is -7.35. The van der Waals surface area contributed by atoms with Crippen LogP contribution in [0.5, 0.6) is 0 Å². The zero-order valence-electron chi connectivity index (χ0n) is 29.9. The second kappa shape index (κ2) is 13.2. The molecule has 0 saturated carbocycles. The van der Waals surface area contributed by atoms with Gasteiger partial charge < -0.3 is 4.57 Å². The minimum absolute atomic E-state index is 0.598. The molecule has 0 aliphatic heterocycles. The summed E-state index contributed by atoms with van der Waals surface area (Å²) in [6.45, 7) is 0. The average Bonchev–Trinajstić information content (AvgIpc) is 3.82. The molecule has 0 atom stereocenters. The van der Waals surface area contributed by atoms with Crippen LogP contribution in [0.1, 0.15) is 0 Å². The van der Waals surface area contributed by atoms with Gasteiger partial charge in [-0.05, 0) is 36.4 Å². The third-order valence-corrected chi connectivity index (χ3v) is 11.4. The second-order valence-electron chi connectivity index (χ2n) is 13.7. The van der Waals surface area contributed by atoms with Crippen LogP contribution in [-0.2, 0) is 0 Å². The molecule has 0 saturated heterocycles. The Labute approximate surface area is 326 Å². The highest BCUT2D eigenvalue weighted by Crippen LogP contribution is 2.41. The molecule has 0 spiro atoms. The Balaban J connectivity index is 1.11. The van der Waals surface area contributed by atoms with Gasteiger partial charge in [-0.25, -0.2) is 24.9 Å². The van der Waals surface area contributed by atoms with Crippen molar-refractivity contribution in [2.24, 2.45) is 0 Å². The maximum Gasteiger partial charge on any atom is 0.164 e. The number of fused-ring (bicyclic) bond motifs is 6. The van der Waals surface area contributed by atoms with Gasteiger partial charge in [0.1, 0.15) is 0 Å². The number of para-hydroxylation sites is 2. The van der Waals surface area contributed by atoms with Crippen molar-refractivity contribution in [3.05, 3.63) is 182 Å². The standard InChI is InChI=1S/C49H30N6S/c1-4-15-31(16-5-1)46-52-47(32-17-6-2-7-18-32)54-49(53-46)34-20-14-19-33(29-34)43-45-44(39-24-11-13-26-42(39)56-45)51-48(50-43)35-27-28-38-37-23-10-12-25-40(37)55(41(38)30-35)36-21-8-3-9-22-36/h1-30H. The molecule has 11 aromatic rings. The van der Waals surface area contributed by atoms with Crippen molar-refractivity contribution in [1.29, 1.82) is 0 Å². The number of nitrogens with zero attached hydrogens (tertiary/aromatic N) is 6. The molecule has 56 heavy (non-hydrogen) atoms. The molecule has 0 aliphatic carbocycles. The van der Waals surface area contributed by atoms with Gasteiger partial charge in [0.15, 0.2) is 23.3 Å². The van der Waals surface area contributed by atoms with E-state index in [1.54, 1.807) is 11.3 Å². The molecule has 0 amide bonds. The molecule has 0 unspecified atom stereocenters. The van der Waals surface area contributed by atoms with Crippen LogP contribution in [0.4, 0.5) is 0 Å². The fourth-order valence-electron chi connectivity index (χ4n) is 7.62. The Bertz CT molecular complexity index is 3190. The molecule has 4 heterocycles. The van der Waals surface area contributed by atoms with Crippen molar-refractivity contribution >= 4 is 53.4 Å². The summed E-state index contributed by atoms with van der Waals surface area (Å²) in [5.41, 5.74) is 9.84. The number of benzene rings is 7. The van der Waals surface area contributed by atoms with Gasteiger partial charge in [-0.3, -0.25) is 0 Å². The third-order valence-electron chi connectivity index (χ3n) is 10.3. The molecule has 262 valence electrons. The van der Waals surface area contributed by atoms with Gasteiger partial charge >= 0.3 is 0 Å². The molecule has 7 aromatic carbocycles. The summed E-state index contributed by atoms with van der Waals surface area (Å²) in [5.74, 6) is 2.52. The van der Waals surface area contributed by atoms with Crippen LogP contribution in [0.2, 0.25) is 0 Å². The highest BCUT2D eigenvalue weighted by atomic mass is 32.1. The molecule has 4 aromatic heterocycles. The first-order valence-corrected chi connectivity index (χ1v) is 19.3. The Kier molecular flexibility index (Phi) is 7.57. The van der Waals surface area contributed by atoms with Crippen molar-refractivity contribution in [3.8, 4) is 62.5 Å². The lowest BCUT2D eigenvalue weighted by atomic mass is 10.1. The van der Waals surface area contributed by atoms with Crippen LogP contribution in [-0.4, -0.2) is 29.5 Å². The molecule has 0 radical (unpaired) electrons. The molecule has 0 N–H and O–H groups in total. The number of thiophene rings is 1. The van der Waals surface area contributed by atoms with E-state index in [1.807, 2.05) is 60.7 Å². The third kappa shape index (κ3) is 5.44. The van der Waals surface area contributed by atoms with Gasteiger partial charge in [0.2, 0.25) is 0 Å². The Morgan fingerprint density at radius 2 is 0.893 bits per heavy atom. The van der Waals surface area contributed by atoms with E-state index in [0.29, 0.717) is 23.3 Å². The smallest absolute Gasteiger partial charge is 0.164 e. The zero-order valence-corrected chi connectivity index (χ0v) is 30.7. The quantitative estimate of drug-likeness (QED) is 0.170. The lowest BCUT2D eigenvalue weighted by Gasteiger charge is -2.11. The zero-order chi connectivity index (χ0) is 37.0. The van der Waals surface area contributed by atoms with E-state index < -0.39 is 0 Å². The van der Waals surface area contributed by atoms with Gasteiger partial charge in [0.25, 0.3) is 0 Å². The molecule has 0 fully saturated rings. The number of hydrogen-bond acceptors (Lipinski definition) is 6. The minimum Gasteiger partial charge on any atom is -0.309 e. The van der Waals surface area contributed by atoms with Crippen molar-refractivity contribution < 1.29 is 0 Å². The molecule has 0 aliphatic rings. The predicted octanol–water partition coefficient (Wildman–Crippen LogP) is 12.5. The van der Waals surface area contributed by atoms with Gasteiger partial charge in [-0.1, -0.05) is 146 Å². The van der Waals surface area contributed by atoms with E-state index in [-0.39, 0.29) is 0 Å². The summed E-state index contributed by atoms with van der Waals surface area (Å²) in [4.78, 5) is 25.7. The van der Waals surface area contributed by atoms with Crippen LogP contribution in [0.15, 0.2) is 182 Å². The fourth-order valence-corrected chi connectivity index (χ4v) is 8.78. The van der Waals surface area contributed by atoms with E-state index in [4.69, 9.17) is 24.9 Å². The summed E-state index contributed by atoms with van der Waals surface area (Å²) < 4.78 is 4.54. The van der Waals surface area contributed by atoms with Gasteiger partial charge in [0, 0.05) is 54.4 Å². The van der Waals surface area contributed by atoms with Gasteiger partial charge in [0.05, 0.1) is 26.9 Å². The molecule has 11 rings (SSSR count). The van der Waals surface area contributed by atoms with Gasteiger partial charge in [-0.15, -0.1) is 11.3 Å². The maximum absolute atomic E-state index is 5.40. The van der Waals surface area contributed by atoms with E-state index in [2.05, 4.69) is 126 Å². The van der Waals surface area contributed by atoms with Crippen LogP contribution >= 0.6 is 11.3 Å². The first kappa shape index (κ1) is 32.1. The van der Waals surface area contributed by atoms with Crippen molar-refractivity contribution in [3.63, 3.8) is 0 Å². The van der Waals surface area contributed by atoms with Crippen LogP contribution < -0.4 is 0 Å². The lowest BCUT2D eigenvalue weighted by Crippen LogP contribution is -2.00. The summed E-state index contributed by atoms with van der Waals surface area (Å²) in [5, 5.41) is 3.51. The Morgan fingerprint density at radius 1 is 0.357 bits per heavy atom. The number of rotatable bonds is 6. The number of hydrogen-bond donors (Lipinski definition) is 0. The van der Waals surface area contributed by atoms with Gasteiger partial charge in [-0.2, -0.15) is 0 Å². The first-order chi connectivity index (χ1) is 27.7. The largest absolute Gasteiger partial charge is 0.309 e. The summed E-state index contributed by atoms with van der Waals surface area (Å²) >= 11 is 1.72. The van der Waals surface area contributed by atoms with Crippen LogP contribution in [0.3, 0.4) is 0 Å². The molecule has 6 nitrogen and oxygen atoms in total. The SMILES string of the molecule is c1ccc(-c2nc(-c3ccccc3)nc(-c3cccc(-c4nc(-c5ccc6c7ccccc7n(-c7ccccc7)c6c5)nc5c4sc4ccccc45)c3)n2)cc1. The van der Waals surface area contributed by atoms with Crippen molar-refractivity contribution in [2.45, 2.75) is 0 Å². The highest BCUT2D eigenvalue weighted by molar-refractivity contribution is 7.26. The first-order valence-electron chi connectivity index (χ1n) is 18.5. The summed E-state index contributed by atoms with van der Waals surface area (Å²) in [6, 6.07) is 62.7. The average molecular weight is 735 g/mol. The van der Waals surface area contributed by atoms with E-state index in [9.17, 15) is 0 Å². The van der Waals surface area contributed by atoms with E-state index in [0.717, 1.165) is 65.8 Å². The molecule has 7 heteroatoms. The molecule has 0 bridgehead atoms. The summed E-state index contributed by atoms with van der Waals surface area (Å²) in [7, 11) is 0. The van der Waals surface area contributed by atoms with Crippen molar-refractivity contribution in [2.75, 3.05) is 0 Å². The fraction of sp³-hybridized carbons (Fsp3) is 0. The normalized spacial score (nSPS) is 11.6. The topological polar surface area (TPSA) is 69.4 Å². The van der Waals surface area contributed by atoms with E-state index in [1.165, 1.54) is 15.5 Å². The van der Waals surface area contributed by atoms with Crippen LogP contribution in [0.25, 0.3) is 105 Å². The second-order valence-corrected chi connectivity index (χ2v) is 14.8. The molecular weight excluding hydrogens is 705 g/mol. The monoisotopic (exact) mass is 734 g/mol. The van der Waals surface area contributed by atoms with Crippen molar-refractivity contribution in [1.82, 2.24) is 29.5 Å². The van der Waals surface area contributed by atoms with E-state index >= 15 is 0 Å². The lowest BCUT2D eigenvalue weighted by molar-refractivity contribution is 1.07. The number of aromatic nitrogens is 6. The van der Waals surface area contributed by atoms with Crippen LogP contribution in [0, 0.1) is 0 Å². The minimum atomic E-state index is 0.598. The molecular formula is C49H30N6S.